The first-order valence-corrected chi connectivity index (χ1v) is 15.7. The summed E-state index contributed by atoms with van der Waals surface area (Å²) in [7, 11) is 0. The van der Waals surface area contributed by atoms with Crippen molar-refractivity contribution in [1.82, 2.24) is 0 Å². The predicted molar refractivity (Wildman–Crippen MR) is 177 cm³/mol. The second-order valence-electron chi connectivity index (χ2n) is 9.69. The van der Waals surface area contributed by atoms with Gasteiger partial charge in [0.2, 0.25) is 0 Å². The Bertz CT molecular complexity index is 1170. The summed E-state index contributed by atoms with van der Waals surface area (Å²) in [4.78, 5) is 22.2. The molecule has 41 heavy (non-hydrogen) atoms. The molecule has 0 spiro atoms. The Labute approximate surface area is 259 Å². The number of hydrogen-bond acceptors (Lipinski definition) is 6. The zero-order valence-electron chi connectivity index (χ0n) is 25.1. The fourth-order valence-corrected chi connectivity index (χ4v) is 4.47. The van der Waals surface area contributed by atoms with E-state index < -0.39 is 0 Å². The Balaban J connectivity index is 0.000000410. The van der Waals surface area contributed by atoms with Gasteiger partial charge >= 0.3 is 11.9 Å². The summed E-state index contributed by atoms with van der Waals surface area (Å²) in [6.45, 7) is 7.20. The minimum atomic E-state index is -0.328. The molecule has 6 heteroatoms. The summed E-state index contributed by atoms with van der Waals surface area (Å²) >= 11 is 9.00. The van der Waals surface area contributed by atoms with Crippen LogP contribution in [0.5, 0.6) is 11.5 Å². The summed E-state index contributed by atoms with van der Waals surface area (Å²) in [6.07, 6.45) is 12.9. The van der Waals surface area contributed by atoms with Crippen LogP contribution in [-0.4, -0.2) is 11.9 Å². The maximum atomic E-state index is 11.1. The summed E-state index contributed by atoms with van der Waals surface area (Å²) in [5.74, 6) is 13.0. The molecule has 0 aliphatic carbocycles. The van der Waals surface area contributed by atoms with Gasteiger partial charge < -0.3 is 9.47 Å². The fraction of sp³-hybridized carbons (Fsp3) is 0.486. The Morgan fingerprint density at radius 2 is 1.00 bits per heavy atom. The molecule has 222 valence electrons. The molecule has 0 saturated carbocycles. The normalized spacial score (nSPS) is 11.4. The zero-order chi connectivity index (χ0) is 30.3. The van der Waals surface area contributed by atoms with Crippen LogP contribution in [0.3, 0.4) is 0 Å². The van der Waals surface area contributed by atoms with Gasteiger partial charge in [0.25, 0.3) is 0 Å². The fourth-order valence-electron chi connectivity index (χ4n) is 3.86. The number of benzene rings is 2. The van der Waals surface area contributed by atoms with Crippen LogP contribution in [0, 0.1) is 23.7 Å². The highest BCUT2D eigenvalue weighted by Gasteiger charge is 2.12. The van der Waals surface area contributed by atoms with E-state index in [-0.39, 0.29) is 22.4 Å². The molecule has 0 amide bonds. The van der Waals surface area contributed by atoms with Crippen molar-refractivity contribution in [2.75, 3.05) is 0 Å². The van der Waals surface area contributed by atoms with Crippen LogP contribution >= 0.6 is 25.3 Å². The van der Waals surface area contributed by atoms with Crippen molar-refractivity contribution in [1.29, 1.82) is 0 Å². The molecular weight excluding hydrogens is 549 g/mol. The van der Waals surface area contributed by atoms with E-state index in [0.717, 1.165) is 36.8 Å². The maximum absolute atomic E-state index is 11.1. The number of ether oxygens (including phenoxy) is 2. The predicted octanol–water partition coefficient (Wildman–Crippen LogP) is 9.50. The van der Waals surface area contributed by atoms with Gasteiger partial charge in [0.05, 0.1) is 10.5 Å². The van der Waals surface area contributed by atoms with Crippen LogP contribution in [0.4, 0.5) is 0 Å². The first-order valence-electron chi connectivity index (χ1n) is 14.7. The van der Waals surface area contributed by atoms with E-state index in [4.69, 9.17) is 9.47 Å². The van der Waals surface area contributed by atoms with E-state index in [1.54, 1.807) is 12.1 Å². The molecule has 2 unspecified atom stereocenters. The average molecular weight is 595 g/mol. The molecule has 0 fully saturated rings. The van der Waals surface area contributed by atoms with E-state index in [1.165, 1.54) is 58.8 Å². The number of para-hydroxylation sites is 2. The number of hydrogen-bond donors (Lipinski definition) is 2. The van der Waals surface area contributed by atoms with Gasteiger partial charge in [-0.3, -0.25) is 9.59 Å². The minimum Gasteiger partial charge on any atom is -0.426 e. The highest BCUT2D eigenvalue weighted by molar-refractivity contribution is 7.81. The third-order valence-corrected chi connectivity index (χ3v) is 6.79. The highest BCUT2D eigenvalue weighted by Crippen LogP contribution is 2.30. The largest absolute Gasteiger partial charge is 0.426 e. The first kappa shape index (κ1) is 36.2. The molecule has 0 aliphatic heterocycles. The third kappa shape index (κ3) is 16.9. The average Bonchev–Trinajstić information content (AvgIpc) is 2.94. The number of carbonyl (C=O) groups excluding carboxylic acids is 2. The van der Waals surface area contributed by atoms with Gasteiger partial charge in [-0.25, -0.2) is 0 Å². The summed E-state index contributed by atoms with van der Waals surface area (Å²) in [6, 6.07) is 14.8. The zero-order valence-corrected chi connectivity index (χ0v) is 26.9. The topological polar surface area (TPSA) is 52.6 Å². The van der Waals surface area contributed by atoms with Crippen LogP contribution < -0.4 is 9.47 Å². The molecule has 2 aromatic carbocycles. The smallest absolute Gasteiger partial charge is 0.308 e. The minimum absolute atomic E-state index is 0.225. The maximum Gasteiger partial charge on any atom is 0.308 e. The van der Waals surface area contributed by atoms with E-state index in [2.05, 4.69) is 62.8 Å². The molecule has 0 N–H and O–H groups in total. The monoisotopic (exact) mass is 594 g/mol. The van der Waals surface area contributed by atoms with Gasteiger partial charge in [-0.15, -0.1) is 11.8 Å². The lowest BCUT2D eigenvalue weighted by atomic mass is 10.1. The van der Waals surface area contributed by atoms with Crippen molar-refractivity contribution in [2.45, 2.75) is 109 Å². The van der Waals surface area contributed by atoms with Crippen molar-refractivity contribution in [3.63, 3.8) is 0 Å². The Hall–Kier alpha value is -2.80. The summed E-state index contributed by atoms with van der Waals surface area (Å²) in [5.41, 5.74) is 1.68. The number of rotatable bonds is 13. The molecule has 2 atom stereocenters. The van der Waals surface area contributed by atoms with Crippen LogP contribution in [0.25, 0.3) is 0 Å². The van der Waals surface area contributed by atoms with E-state index >= 15 is 0 Å². The van der Waals surface area contributed by atoms with Crippen molar-refractivity contribution in [2.24, 2.45) is 0 Å². The SMILES string of the molecule is CCCCCCC#CC(S)c1ccccc1OC(C)=O.CCCCCCCC#CC(S)c1ccccc1OC(C)=O. The second kappa shape index (κ2) is 22.8. The molecule has 0 aliphatic rings. The summed E-state index contributed by atoms with van der Waals surface area (Å²) in [5, 5.41) is -0.451. The van der Waals surface area contributed by atoms with Crippen LogP contribution in [0.15, 0.2) is 48.5 Å². The standard InChI is InChI=1S/C18H24O2S.C17H22O2S/c1-3-4-5-6-7-8-9-14-18(21)16-12-10-11-13-17(16)20-15(2)19;1-3-4-5-6-7-8-13-17(20)15-11-9-10-12-16(15)19-14(2)18/h10-13,18,21H,3-8H2,1-2H3;9-12,17,20H,3-7H2,1-2H3. The van der Waals surface area contributed by atoms with Crippen molar-refractivity contribution < 1.29 is 19.1 Å². The lowest BCUT2D eigenvalue weighted by Crippen LogP contribution is -2.04. The molecule has 0 heterocycles. The quantitative estimate of drug-likeness (QED) is 0.0797. The highest BCUT2D eigenvalue weighted by atomic mass is 32.1. The van der Waals surface area contributed by atoms with Gasteiger partial charge in [-0.05, 0) is 25.0 Å². The lowest BCUT2D eigenvalue weighted by molar-refractivity contribution is -0.132. The summed E-state index contributed by atoms with van der Waals surface area (Å²) < 4.78 is 10.4. The Kier molecular flexibility index (Phi) is 20.2. The first-order chi connectivity index (χ1) is 19.8. The van der Waals surface area contributed by atoms with Crippen molar-refractivity contribution in [3.8, 4) is 35.2 Å². The third-order valence-electron chi connectivity index (χ3n) is 5.97. The molecule has 0 aromatic heterocycles. The second-order valence-corrected chi connectivity index (χ2v) is 10.7. The van der Waals surface area contributed by atoms with Gasteiger partial charge in [0.1, 0.15) is 11.5 Å². The Morgan fingerprint density at radius 3 is 1.39 bits per heavy atom. The number of thiol groups is 2. The Morgan fingerprint density at radius 1 is 0.634 bits per heavy atom. The molecule has 4 nitrogen and oxygen atoms in total. The van der Waals surface area contributed by atoms with Crippen molar-refractivity contribution in [3.05, 3.63) is 59.7 Å². The van der Waals surface area contributed by atoms with Gasteiger partial charge in [0, 0.05) is 37.8 Å². The number of esters is 2. The lowest BCUT2D eigenvalue weighted by Gasteiger charge is -2.10. The molecule has 2 aromatic rings. The van der Waals surface area contributed by atoms with Crippen LogP contribution in [-0.2, 0) is 9.59 Å². The van der Waals surface area contributed by atoms with Crippen LogP contribution in [0.2, 0.25) is 0 Å². The van der Waals surface area contributed by atoms with E-state index in [1.807, 2.05) is 36.4 Å². The van der Waals surface area contributed by atoms with E-state index in [0.29, 0.717) is 11.5 Å². The van der Waals surface area contributed by atoms with Gasteiger partial charge in [-0.1, -0.05) is 107 Å². The van der Waals surface area contributed by atoms with E-state index in [9.17, 15) is 9.59 Å². The van der Waals surface area contributed by atoms with Gasteiger partial charge in [-0.2, -0.15) is 25.3 Å². The van der Waals surface area contributed by atoms with Crippen molar-refractivity contribution >= 4 is 37.2 Å². The van der Waals surface area contributed by atoms with Crippen LogP contribution in [0.1, 0.15) is 120 Å². The molecular formula is C35H46O4S2. The molecule has 0 radical (unpaired) electrons. The number of carbonyl (C=O) groups is 2. The molecule has 0 saturated heterocycles. The molecule has 0 bridgehead atoms. The number of unbranched alkanes of at least 4 members (excludes halogenated alkanes) is 9. The molecule has 2 rings (SSSR count). The van der Waals surface area contributed by atoms with Gasteiger partial charge in [0.15, 0.2) is 0 Å².